The zero-order valence-corrected chi connectivity index (χ0v) is 21.8. The predicted octanol–water partition coefficient (Wildman–Crippen LogP) is 4.95. The first kappa shape index (κ1) is 24.5. The first-order valence-electron chi connectivity index (χ1n) is 12.8. The molecule has 2 aromatic heterocycles. The fraction of sp³-hybridized carbons (Fsp3) is 0.393. The van der Waals surface area contributed by atoms with Crippen LogP contribution in [-0.2, 0) is 18.4 Å². The van der Waals surface area contributed by atoms with Crippen LogP contribution in [0.1, 0.15) is 48.1 Å². The average Bonchev–Trinajstić information content (AvgIpc) is 3.62. The summed E-state index contributed by atoms with van der Waals surface area (Å²) in [5.41, 5.74) is 2.79. The smallest absolute Gasteiger partial charge is 0.261 e. The lowest BCUT2D eigenvalue weighted by molar-refractivity contribution is -0.118. The number of carbonyl (C=O) groups excluding carboxylic acids is 2. The Balaban J connectivity index is 1.36. The SMILES string of the molecule is CCCC(=O)N(Cc1nc2ccccc2n1C)c1ccc2sc(C(=O)NCCN3CCCC3)cc2c1. The van der Waals surface area contributed by atoms with E-state index in [0.29, 0.717) is 24.4 Å². The van der Waals surface area contributed by atoms with Gasteiger partial charge in [-0.3, -0.25) is 9.59 Å². The quantitative estimate of drug-likeness (QED) is 0.351. The van der Waals surface area contributed by atoms with Crippen molar-refractivity contribution in [2.75, 3.05) is 31.1 Å². The molecule has 188 valence electrons. The molecule has 0 saturated carbocycles. The largest absolute Gasteiger partial charge is 0.350 e. The van der Waals surface area contributed by atoms with E-state index < -0.39 is 0 Å². The maximum absolute atomic E-state index is 13.2. The number of rotatable bonds is 9. The average molecular weight is 504 g/mol. The molecule has 3 heterocycles. The molecule has 0 spiro atoms. The molecule has 2 amide bonds. The Morgan fingerprint density at radius 2 is 1.92 bits per heavy atom. The van der Waals surface area contributed by atoms with Gasteiger partial charge in [-0.1, -0.05) is 19.1 Å². The van der Waals surface area contributed by atoms with Gasteiger partial charge in [-0.25, -0.2) is 4.98 Å². The van der Waals surface area contributed by atoms with E-state index in [-0.39, 0.29) is 11.8 Å². The Morgan fingerprint density at radius 3 is 2.69 bits per heavy atom. The van der Waals surface area contributed by atoms with E-state index in [4.69, 9.17) is 4.98 Å². The van der Waals surface area contributed by atoms with Crippen LogP contribution < -0.4 is 10.2 Å². The Hall–Kier alpha value is -3.23. The first-order chi connectivity index (χ1) is 17.5. The van der Waals surface area contributed by atoms with Crippen molar-refractivity contribution in [3.8, 4) is 0 Å². The lowest BCUT2D eigenvalue weighted by atomic mass is 10.2. The number of hydrogen-bond acceptors (Lipinski definition) is 5. The highest BCUT2D eigenvalue weighted by atomic mass is 32.1. The second-order valence-electron chi connectivity index (χ2n) is 9.44. The van der Waals surface area contributed by atoms with E-state index in [0.717, 1.165) is 58.7 Å². The van der Waals surface area contributed by atoms with Gasteiger partial charge in [0.1, 0.15) is 5.82 Å². The molecule has 1 fully saturated rings. The van der Waals surface area contributed by atoms with Gasteiger partial charge in [-0.2, -0.15) is 0 Å². The molecule has 1 saturated heterocycles. The van der Waals surface area contributed by atoms with Crippen molar-refractivity contribution >= 4 is 50.0 Å². The minimum Gasteiger partial charge on any atom is -0.350 e. The lowest BCUT2D eigenvalue weighted by Gasteiger charge is -2.23. The molecule has 0 unspecified atom stereocenters. The minimum atomic E-state index is -0.0319. The zero-order valence-electron chi connectivity index (χ0n) is 21.0. The molecule has 1 N–H and O–H groups in total. The van der Waals surface area contributed by atoms with E-state index in [1.807, 2.05) is 67.4 Å². The number of aromatic nitrogens is 2. The summed E-state index contributed by atoms with van der Waals surface area (Å²) in [6, 6.07) is 15.9. The molecule has 36 heavy (non-hydrogen) atoms. The summed E-state index contributed by atoms with van der Waals surface area (Å²) in [6.07, 6.45) is 3.75. The summed E-state index contributed by atoms with van der Waals surface area (Å²) in [5.74, 6) is 0.874. The second kappa shape index (κ2) is 10.8. The van der Waals surface area contributed by atoms with E-state index in [1.165, 1.54) is 24.2 Å². The van der Waals surface area contributed by atoms with E-state index in [1.54, 1.807) is 0 Å². The highest BCUT2D eigenvalue weighted by Crippen LogP contribution is 2.31. The van der Waals surface area contributed by atoms with Crippen LogP contribution in [0.5, 0.6) is 0 Å². The molecule has 0 bridgehead atoms. The fourth-order valence-corrected chi connectivity index (χ4v) is 5.84. The van der Waals surface area contributed by atoms with Crippen LogP contribution in [0, 0.1) is 0 Å². The number of nitrogens with one attached hydrogen (secondary N) is 1. The van der Waals surface area contributed by atoms with Crippen molar-refractivity contribution < 1.29 is 9.59 Å². The number of nitrogens with zero attached hydrogens (tertiary/aromatic N) is 4. The fourth-order valence-electron chi connectivity index (χ4n) is 4.88. The van der Waals surface area contributed by atoms with Gasteiger partial charge in [0.25, 0.3) is 5.91 Å². The minimum absolute atomic E-state index is 0.0319. The third kappa shape index (κ3) is 5.15. The summed E-state index contributed by atoms with van der Waals surface area (Å²) >= 11 is 1.49. The number of fused-ring (bicyclic) bond motifs is 2. The van der Waals surface area contributed by atoms with Crippen molar-refractivity contribution in [3.05, 3.63) is 59.2 Å². The lowest BCUT2D eigenvalue weighted by Crippen LogP contribution is -2.33. The molecule has 1 aliphatic rings. The van der Waals surface area contributed by atoms with Gasteiger partial charge < -0.3 is 19.7 Å². The number of hydrogen-bond donors (Lipinski definition) is 1. The van der Waals surface area contributed by atoms with Crippen molar-refractivity contribution in [2.45, 2.75) is 39.2 Å². The van der Waals surface area contributed by atoms with Gasteiger partial charge in [0.05, 0.1) is 22.5 Å². The van der Waals surface area contributed by atoms with Gasteiger partial charge in [0, 0.05) is 36.9 Å². The maximum atomic E-state index is 13.2. The molecular formula is C28H33N5O2S. The zero-order chi connectivity index (χ0) is 25.1. The highest BCUT2D eigenvalue weighted by Gasteiger charge is 2.20. The van der Waals surface area contributed by atoms with Gasteiger partial charge in [0.2, 0.25) is 5.91 Å². The summed E-state index contributed by atoms with van der Waals surface area (Å²) in [6.45, 7) is 6.23. The molecule has 7 nitrogen and oxygen atoms in total. The number of benzene rings is 2. The standard InChI is InChI=1S/C28H33N5O2S/c1-3-8-27(34)33(19-26-30-22-9-4-5-10-23(22)31(26)2)21-11-12-24-20(17-21)18-25(36-24)28(35)29-13-16-32-14-6-7-15-32/h4-5,9-12,17-18H,3,6-8,13-16,19H2,1-2H3,(H,29,35). The number of imidazole rings is 1. The maximum Gasteiger partial charge on any atom is 0.261 e. The van der Waals surface area contributed by atoms with Crippen LogP contribution in [0.4, 0.5) is 5.69 Å². The van der Waals surface area contributed by atoms with Gasteiger partial charge in [0.15, 0.2) is 0 Å². The molecule has 8 heteroatoms. The van der Waals surface area contributed by atoms with Gasteiger partial charge >= 0.3 is 0 Å². The first-order valence-corrected chi connectivity index (χ1v) is 13.6. The van der Waals surface area contributed by atoms with Crippen LogP contribution in [0.2, 0.25) is 0 Å². The van der Waals surface area contributed by atoms with Crippen molar-refractivity contribution in [2.24, 2.45) is 7.05 Å². The van der Waals surface area contributed by atoms with E-state index >= 15 is 0 Å². The summed E-state index contributed by atoms with van der Waals surface area (Å²) < 4.78 is 3.09. The van der Waals surface area contributed by atoms with Crippen LogP contribution in [0.25, 0.3) is 21.1 Å². The summed E-state index contributed by atoms with van der Waals surface area (Å²) in [4.78, 5) is 35.6. The second-order valence-corrected chi connectivity index (χ2v) is 10.5. The molecular weight excluding hydrogens is 470 g/mol. The highest BCUT2D eigenvalue weighted by molar-refractivity contribution is 7.20. The van der Waals surface area contributed by atoms with E-state index in [2.05, 4.69) is 14.8 Å². The van der Waals surface area contributed by atoms with Crippen molar-refractivity contribution in [3.63, 3.8) is 0 Å². The Morgan fingerprint density at radius 1 is 1.11 bits per heavy atom. The predicted molar refractivity (Wildman–Crippen MR) is 147 cm³/mol. The monoisotopic (exact) mass is 503 g/mol. The third-order valence-corrected chi connectivity index (χ3v) is 8.01. The van der Waals surface area contributed by atoms with Crippen LogP contribution in [0.15, 0.2) is 48.5 Å². The van der Waals surface area contributed by atoms with Crippen LogP contribution in [0.3, 0.4) is 0 Å². The van der Waals surface area contributed by atoms with Crippen molar-refractivity contribution in [1.29, 1.82) is 0 Å². The summed E-state index contributed by atoms with van der Waals surface area (Å²) in [7, 11) is 1.99. The third-order valence-electron chi connectivity index (χ3n) is 6.89. The number of likely N-dealkylation sites (tertiary alicyclic amines) is 1. The van der Waals surface area contributed by atoms with Crippen LogP contribution in [-0.4, -0.2) is 52.4 Å². The normalized spacial score (nSPS) is 14.1. The number of amides is 2. The molecule has 0 radical (unpaired) electrons. The van der Waals surface area contributed by atoms with Crippen LogP contribution >= 0.6 is 11.3 Å². The molecule has 0 atom stereocenters. The molecule has 5 rings (SSSR count). The number of para-hydroxylation sites is 2. The molecule has 4 aromatic rings. The molecule has 0 aliphatic carbocycles. The number of aryl methyl sites for hydroxylation is 1. The van der Waals surface area contributed by atoms with Gasteiger partial charge in [-0.05, 0) is 74.1 Å². The Kier molecular flexibility index (Phi) is 7.34. The Bertz CT molecular complexity index is 1390. The summed E-state index contributed by atoms with van der Waals surface area (Å²) in [5, 5.41) is 4.04. The van der Waals surface area contributed by atoms with E-state index in [9.17, 15) is 9.59 Å². The Labute approximate surface area is 215 Å². The molecule has 2 aromatic carbocycles. The number of carbonyl (C=O) groups is 2. The van der Waals surface area contributed by atoms with Gasteiger partial charge in [-0.15, -0.1) is 11.3 Å². The number of anilines is 1. The topological polar surface area (TPSA) is 70.5 Å². The number of thiophene rings is 1. The van der Waals surface area contributed by atoms with Crippen molar-refractivity contribution in [1.82, 2.24) is 19.8 Å². The molecule has 1 aliphatic heterocycles.